The fourth-order valence-corrected chi connectivity index (χ4v) is 3.69. The first-order valence-corrected chi connectivity index (χ1v) is 7.97. The summed E-state index contributed by atoms with van der Waals surface area (Å²) in [6.07, 6.45) is -4.52. The molecule has 0 saturated carbocycles. The minimum absolute atomic E-state index is 0.00379. The molecule has 2 aromatic carbocycles. The van der Waals surface area contributed by atoms with Gasteiger partial charge in [0.05, 0.1) is 23.2 Å². The summed E-state index contributed by atoms with van der Waals surface area (Å²) in [5.74, 6) is -1.07. The van der Waals surface area contributed by atoms with Crippen molar-refractivity contribution in [1.82, 2.24) is 5.32 Å². The maximum Gasteiger partial charge on any atom is 0.416 e. The third kappa shape index (κ3) is 2.46. The smallest absolute Gasteiger partial charge is 0.353 e. The first kappa shape index (κ1) is 16.0. The lowest BCUT2D eigenvalue weighted by Gasteiger charge is -2.30. The van der Waals surface area contributed by atoms with Crippen LogP contribution in [0.3, 0.4) is 0 Å². The van der Waals surface area contributed by atoms with Crippen LogP contribution in [-0.4, -0.2) is 16.6 Å². The van der Waals surface area contributed by atoms with Gasteiger partial charge in [-0.05, 0) is 23.8 Å². The fraction of sp³-hybridized carbons (Fsp3) is 0.167. The van der Waals surface area contributed by atoms with Gasteiger partial charge in [-0.15, -0.1) is 0 Å². The van der Waals surface area contributed by atoms with Gasteiger partial charge in [0.15, 0.2) is 10.9 Å². The van der Waals surface area contributed by atoms with Crippen molar-refractivity contribution in [2.45, 2.75) is 12.2 Å². The van der Waals surface area contributed by atoms with Crippen molar-refractivity contribution in [2.24, 2.45) is 10.9 Å². The minimum Gasteiger partial charge on any atom is -0.353 e. The molecular formula is C18H11F3N2OS. The van der Waals surface area contributed by atoms with Crippen LogP contribution in [0.4, 0.5) is 13.2 Å². The van der Waals surface area contributed by atoms with E-state index in [2.05, 4.69) is 10.3 Å². The monoisotopic (exact) mass is 360 g/mol. The summed E-state index contributed by atoms with van der Waals surface area (Å²) in [7, 11) is 0. The Balaban J connectivity index is 1.89. The molecule has 0 amide bonds. The number of ketones is 1. The average molecular weight is 360 g/mol. The van der Waals surface area contributed by atoms with Crippen LogP contribution in [0.5, 0.6) is 0 Å². The molecule has 2 atom stereocenters. The summed E-state index contributed by atoms with van der Waals surface area (Å²) in [5.41, 5.74) is 0.755. The average Bonchev–Trinajstić information content (AvgIpc) is 2.87. The predicted octanol–water partition coefficient (Wildman–Crippen LogP) is 3.94. The van der Waals surface area contributed by atoms with Crippen molar-refractivity contribution >= 4 is 28.8 Å². The van der Waals surface area contributed by atoms with Gasteiger partial charge in [-0.25, -0.2) is 4.99 Å². The second kappa shape index (κ2) is 5.49. The number of hydrogen-bond acceptors (Lipinski definition) is 2. The molecule has 7 heteroatoms. The number of fused-ring (bicyclic) bond motifs is 3. The van der Waals surface area contributed by atoms with Crippen LogP contribution in [0.25, 0.3) is 0 Å². The quantitative estimate of drug-likeness (QED) is 0.784. The van der Waals surface area contributed by atoms with Crippen molar-refractivity contribution in [2.75, 3.05) is 0 Å². The van der Waals surface area contributed by atoms with Crippen molar-refractivity contribution in [3.8, 4) is 0 Å². The van der Waals surface area contributed by atoms with E-state index in [4.69, 9.17) is 12.2 Å². The van der Waals surface area contributed by atoms with Crippen molar-refractivity contribution in [1.29, 1.82) is 0 Å². The number of carbonyl (C=O) groups is 1. The predicted molar refractivity (Wildman–Crippen MR) is 90.7 cm³/mol. The van der Waals surface area contributed by atoms with Crippen LogP contribution in [0.15, 0.2) is 53.5 Å². The third-order valence-electron chi connectivity index (χ3n) is 4.48. The lowest BCUT2D eigenvalue weighted by Crippen LogP contribution is -2.42. The fourth-order valence-electron chi connectivity index (χ4n) is 3.46. The van der Waals surface area contributed by atoms with Crippen LogP contribution in [0.1, 0.15) is 33.1 Å². The zero-order valence-electron chi connectivity index (χ0n) is 12.7. The molecule has 0 radical (unpaired) electrons. The zero-order valence-corrected chi connectivity index (χ0v) is 13.5. The second-order valence-corrected chi connectivity index (χ2v) is 6.28. The summed E-state index contributed by atoms with van der Waals surface area (Å²) in [6.45, 7) is 0. The maximum atomic E-state index is 13.4. The highest BCUT2D eigenvalue weighted by atomic mass is 32.1. The lowest BCUT2D eigenvalue weighted by atomic mass is 9.85. The van der Waals surface area contributed by atoms with Gasteiger partial charge in [-0.1, -0.05) is 42.5 Å². The SMILES string of the molecule is O=C1c2ccccc2C2=NC(=S)NC(c3ccccc3C(F)(F)F)C12. The van der Waals surface area contributed by atoms with Crippen LogP contribution < -0.4 is 5.32 Å². The summed E-state index contributed by atoms with van der Waals surface area (Å²) in [4.78, 5) is 17.1. The molecule has 2 aromatic rings. The third-order valence-corrected chi connectivity index (χ3v) is 4.69. The van der Waals surface area contributed by atoms with Crippen molar-refractivity contribution in [3.63, 3.8) is 0 Å². The molecule has 0 spiro atoms. The molecule has 1 aliphatic carbocycles. The summed E-state index contributed by atoms with van der Waals surface area (Å²) >= 11 is 5.12. The number of Topliss-reactive ketones (excluding diaryl/α,β-unsaturated/α-hetero) is 1. The van der Waals surface area contributed by atoms with E-state index in [-0.39, 0.29) is 16.5 Å². The molecule has 0 fully saturated rings. The number of benzene rings is 2. The number of nitrogens with one attached hydrogen (secondary N) is 1. The summed E-state index contributed by atoms with van der Waals surface area (Å²) in [6, 6.07) is 11.2. The van der Waals surface area contributed by atoms with Gasteiger partial charge in [0.2, 0.25) is 0 Å². The minimum atomic E-state index is -4.52. The Bertz CT molecular complexity index is 936. The largest absolute Gasteiger partial charge is 0.416 e. The van der Waals surface area contributed by atoms with Gasteiger partial charge < -0.3 is 5.32 Å². The molecule has 3 nitrogen and oxygen atoms in total. The highest BCUT2D eigenvalue weighted by molar-refractivity contribution is 7.80. The molecule has 1 N–H and O–H groups in total. The molecule has 1 heterocycles. The van der Waals surface area contributed by atoms with Crippen LogP contribution in [-0.2, 0) is 6.18 Å². The van der Waals surface area contributed by atoms with E-state index in [0.717, 1.165) is 6.07 Å². The maximum absolute atomic E-state index is 13.4. The number of carbonyl (C=O) groups excluding carboxylic acids is 1. The molecule has 0 saturated heterocycles. The topological polar surface area (TPSA) is 41.5 Å². The Morgan fingerprint density at radius 2 is 1.64 bits per heavy atom. The highest BCUT2D eigenvalue weighted by Gasteiger charge is 2.47. The Labute approximate surface area is 146 Å². The van der Waals surface area contributed by atoms with E-state index in [0.29, 0.717) is 16.8 Å². The number of halogens is 3. The first-order chi connectivity index (χ1) is 11.9. The molecule has 1 aliphatic heterocycles. The molecule has 2 aliphatic rings. The van der Waals surface area contributed by atoms with Gasteiger partial charge in [-0.3, -0.25) is 4.79 Å². The normalized spacial score (nSPS) is 22.1. The number of nitrogens with zero attached hydrogens (tertiary/aromatic N) is 1. The molecule has 2 unspecified atom stereocenters. The van der Waals surface area contributed by atoms with Crippen LogP contribution >= 0.6 is 12.2 Å². The molecule has 4 rings (SSSR count). The van der Waals surface area contributed by atoms with Crippen molar-refractivity contribution in [3.05, 3.63) is 70.8 Å². The van der Waals surface area contributed by atoms with E-state index in [1.54, 1.807) is 24.3 Å². The number of rotatable bonds is 1. The van der Waals surface area contributed by atoms with E-state index < -0.39 is 23.7 Å². The standard InChI is InChI=1S/C18H11F3N2OS/c19-18(20,21)12-8-4-3-7-11(12)15-13-14(22-17(25)23-15)9-5-1-2-6-10(9)16(13)24/h1-8,13,15H,(H,23,25). The Hall–Kier alpha value is -2.54. The van der Waals surface area contributed by atoms with Crippen molar-refractivity contribution < 1.29 is 18.0 Å². The number of aliphatic imine (C=N–C) groups is 1. The van der Waals surface area contributed by atoms with Crippen LogP contribution in [0.2, 0.25) is 0 Å². The highest BCUT2D eigenvalue weighted by Crippen LogP contribution is 2.42. The Morgan fingerprint density at radius 1 is 1.00 bits per heavy atom. The molecular weight excluding hydrogens is 349 g/mol. The van der Waals surface area contributed by atoms with E-state index in [9.17, 15) is 18.0 Å². The first-order valence-electron chi connectivity index (χ1n) is 7.57. The Morgan fingerprint density at radius 3 is 2.36 bits per heavy atom. The zero-order chi connectivity index (χ0) is 17.8. The van der Waals surface area contributed by atoms with Gasteiger partial charge in [0, 0.05) is 11.1 Å². The molecule has 0 aromatic heterocycles. The lowest BCUT2D eigenvalue weighted by molar-refractivity contribution is -0.138. The van der Waals surface area contributed by atoms with E-state index in [1.807, 2.05) is 0 Å². The van der Waals surface area contributed by atoms with Gasteiger partial charge >= 0.3 is 6.18 Å². The van der Waals surface area contributed by atoms with E-state index in [1.165, 1.54) is 18.2 Å². The Kier molecular flexibility index (Phi) is 3.50. The van der Waals surface area contributed by atoms with Gasteiger partial charge in [0.1, 0.15) is 0 Å². The second-order valence-electron chi connectivity index (χ2n) is 5.90. The number of alkyl halides is 3. The number of thiocarbonyl (C=S) groups is 1. The summed E-state index contributed by atoms with van der Waals surface area (Å²) < 4.78 is 40.3. The van der Waals surface area contributed by atoms with Gasteiger partial charge in [-0.2, -0.15) is 13.2 Å². The van der Waals surface area contributed by atoms with E-state index >= 15 is 0 Å². The number of hydrogen-bond donors (Lipinski definition) is 1. The molecule has 0 bridgehead atoms. The molecule has 126 valence electrons. The van der Waals surface area contributed by atoms with Gasteiger partial charge in [0.25, 0.3) is 0 Å². The summed E-state index contributed by atoms with van der Waals surface area (Å²) in [5, 5.41) is 2.89. The molecule has 25 heavy (non-hydrogen) atoms. The van der Waals surface area contributed by atoms with Crippen LogP contribution in [0, 0.1) is 5.92 Å².